The van der Waals surface area contributed by atoms with Gasteiger partial charge in [0, 0.05) is 44.5 Å². The Morgan fingerprint density at radius 3 is 0.767 bits per heavy atom. The van der Waals surface area contributed by atoms with E-state index in [0.717, 1.165) is 87.0 Å². The Morgan fingerprint density at radius 2 is 0.450 bits per heavy atom. The van der Waals surface area contributed by atoms with Crippen LogP contribution in [0.1, 0.15) is 0 Å². The molecule has 10 aromatic carbocycles. The number of hydrogen-bond donors (Lipinski definition) is 0. The second-order valence-electron chi connectivity index (χ2n) is 14.8. The number of benzene rings is 10. The predicted molar refractivity (Wildman–Crippen MR) is 250 cm³/mol. The Kier molecular flexibility index (Phi) is 8.79. The summed E-state index contributed by atoms with van der Waals surface area (Å²) in [6.45, 7) is 0. The maximum atomic E-state index is 6.81. The van der Waals surface area contributed by atoms with Gasteiger partial charge in [0.25, 0.3) is 0 Å². The van der Waals surface area contributed by atoms with Gasteiger partial charge in [-0.2, -0.15) is 0 Å². The van der Waals surface area contributed by atoms with Gasteiger partial charge in [0.05, 0.1) is 0 Å². The van der Waals surface area contributed by atoms with Crippen LogP contribution in [-0.2, 0) is 0 Å². The molecule has 0 aliphatic heterocycles. The van der Waals surface area contributed by atoms with Crippen LogP contribution in [-0.4, -0.2) is 0 Å². The van der Waals surface area contributed by atoms with E-state index in [0.29, 0.717) is 22.3 Å². The van der Waals surface area contributed by atoms with Gasteiger partial charge in [-0.15, -0.1) is 0 Å². The molecule has 4 heterocycles. The molecule has 0 aliphatic rings. The van der Waals surface area contributed by atoms with Gasteiger partial charge in [0.2, 0.25) is 0 Å². The molecule has 0 saturated carbocycles. The van der Waals surface area contributed by atoms with Crippen LogP contribution in [0.3, 0.4) is 0 Å². The second kappa shape index (κ2) is 15.0. The molecule has 4 heteroatoms. The zero-order valence-corrected chi connectivity index (χ0v) is 32.4. The van der Waals surface area contributed by atoms with E-state index in [2.05, 4.69) is 109 Å². The van der Waals surface area contributed by atoms with Crippen molar-refractivity contribution in [1.29, 1.82) is 0 Å². The summed E-state index contributed by atoms with van der Waals surface area (Å²) in [7, 11) is 0. The monoisotopic (exact) mass is 772 g/mol. The molecule has 60 heavy (non-hydrogen) atoms. The largest absolute Gasteiger partial charge is 0.457 e. The maximum Gasteiger partial charge on any atom is 0.135 e. The van der Waals surface area contributed by atoms with E-state index < -0.39 is 0 Å². The highest BCUT2D eigenvalue weighted by Crippen LogP contribution is 2.40. The number of para-hydroxylation sites is 4. The fourth-order valence-electron chi connectivity index (χ4n) is 8.36. The molecule has 4 aromatic heterocycles. The van der Waals surface area contributed by atoms with E-state index in [1.807, 2.05) is 109 Å². The first-order valence-electron chi connectivity index (χ1n) is 20.1. The third-order valence-electron chi connectivity index (χ3n) is 11.0. The third-order valence-corrected chi connectivity index (χ3v) is 11.0. The first-order chi connectivity index (χ1) is 29.7. The van der Waals surface area contributed by atoms with Gasteiger partial charge in [-0.25, -0.2) is 0 Å². The zero-order valence-electron chi connectivity index (χ0n) is 32.4. The SMILES string of the molecule is c1cc2cc(c1)oc1ccccc1c1c3ccccc3c(c3ccccc3oc3cccc(c3)oc3ccccc3c3ccc(cc3)c3ccccc3o2)c2ccccc21. The first-order valence-corrected chi connectivity index (χ1v) is 20.1. The molecule has 0 radical (unpaired) electrons. The summed E-state index contributed by atoms with van der Waals surface area (Å²) in [6.07, 6.45) is 0. The highest BCUT2D eigenvalue weighted by molar-refractivity contribution is 6.33. The molecule has 14 rings (SSSR count). The van der Waals surface area contributed by atoms with Crippen LogP contribution in [0.25, 0.3) is 109 Å². The van der Waals surface area contributed by atoms with Crippen LogP contribution in [0.4, 0.5) is 0 Å². The summed E-state index contributed by atoms with van der Waals surface area (Å²) in [5, 5.41) is 12.6. The van der Waals surface area contributed by atoms with Gasteiger partial charge in [-0.05, 0) is 80.8 Å². The lowest BCUT2D eigenvalue weighted by atomic mass is 9.92. The Morgan fingerprint density at radius 1 is 0.200 bits per heavy atom. The Balaban J connectivity index is 1.34. The second-order valence-corrected chi connectivity index (χ2v) is 14.8. The third kappa shape index (κ3) is 6.47. The predicted octanol–water partition coefficient (Wildman–Crippen LogP) is 16.7. The van der Waals surface area contributed by atoms with E-state index in [4.69, 9.17) is 17.7 Å². The smallest absolute Gasteiger partial charge is 0.135 e. The van der Waals surface area contributed by atoms with Crippen LogP contribution in [0.2, 0.25) is 0 Å². The standard InChI is InChI=1S/C56H36O4/c1-2-22-46-45(21-1)55-47-23-3-4-24-48(47)56(46)50-26-8-12-30-54(50)60-42-18-14-16-40(36-42)58-52-28-10-6-20-44(52)38-33-31-37(32-34-38)43-19-5-9-27-51(43)57-39-15-13-17-41(35-39)59-53-29-11-7-25-49(53)55/h1-36H. The molecule has 0 unspecified atom stereocenters. The van der Waals surface area contributed by atoms with Gasteiger partial charge < -0.3 is 17.7 Å². The van der Waals surface area contributed by atoms with Gasteiger partial charge in [-0.1, -0.05) is 158 Å². The summed E-state index contributed by atoms with van der Waals surface area (Å²) >= 11 is 0. The average molecular weight is 773 g/mol. The van der Waals surface area contributed by atoms with Crippen molar-refractivity contribution in [2.45, 2.75) is 0 Å². The van der Waals surface area contributed by atoms with Crippen molar-refractivity contribution in [3.8, 4) is 0 Å². The normalized spacial score (nSPS) is 11.3. The van der Waals surface area contributed by atoms with E-state index in [1.54, 1.807) is 0 Å². The van der Waals surface area contributed by atoms with Crippen LogP contribution >= 0.6 is 0 Å². The van der Waals surface area contributed by atoms with Crippen molar-refractivity contribution in [1.82, 2.24) is 0 Å². The quantitative estimate of drug-likeness (QED) is 0.144. The summed E-state index contributed by atoms with van der Waals surface area (Å²) in [6, 6.07) is 74.2. The minimum absolute atomic E-state index is 0.671. The fourth-order valence-corrected chi connectivity index (χ4v) is 8.36. The highest BCUT2D eigenvalue weighted by Gasteiger charge is 2.12. The summed E-state index contributed by atoms with van der Waals surface area (Å²) in [5.74, 6) is 0. The molecule has 284 valence electrons. The lowest BCUT2D eigenvalue weighted by Crippen LogP contribution is -1.84. The molecule has 0 atom stereocenters. The summed E-state index contributed by atoms with van der Waals surface area (Å²) in [5.41, 5.74) is 5.66. The van der Waals surface area contributed by atoms with Crippen molar-refractivity contribution in [2.75, 3.05) is 0 Å². The van der Waals surface area contributed by atoms with Gasteiger partial charge >= 0.3 is 0 Å². The molecular weight excluding hydrogens is 737 g/mol. The lowest BCUT2D eigenvalue weighted by Gasteiger charge is -2.12. The molecular formula is C56H36O4. The Hall–Kier alpha value is -8.08. The number of hydrogen-bond acceptors (Lipinski definition) is 4. The lowest BCUT2D eigenvalue weighted by molar-refractivity contribution is 0.644. The highest BCUT2D eigenvalue weighted by atomic mass is 16.3. The molecule has 0 N–H and O–H groups in total. The van der Waals surface area contributed by atoms with Crippen molar-refractivity contribution >= 4 is 109 Å². The first kappa shape index (κ1) is 35.1. The molecule has 14 aromatic rings. The minimum Gasteiger partial charge on any atom is -0.457 e. The minimum atomic E-state index is 0.671. The van der Waals surface area contributed by atoms with Gasteiger partial charge in [-0.3, -0.25) is 0 Å². The molecule has 0 aliphatic carbocycles. The van der Waals surface area contributed by atoms with Crippen molar-refractivity contribution in [3.05, 3.63) is 218 Å². The Labute approximate surface area is 344 Å². The van der Waals surface area contributed by atoms with Crippen LogP contribution < -0.4 is 0 Å². The van der Waals surface area contributed by atoms with Crippen molar-refractivity contribution in [3.63, 3.8) is 0 Å². The van der Waals surface area contributed by atoms with Crippen molar-refractivity contribution in [2.24, 2.45) is 0 Å². The fraction of sp³-hybridized carbons (Fsp3) is 0. The molecule has 0 amide bonds. The van der Waals surface area contributed by atoms with E-state index in [9.17, 15) is 0 Å². The maximum absolute atomic E-state index is 6.81. The van der Waals surface area contributed by atoms with Crippen LogP contribution in [0.15, 0.2) is 236 Å². The van der Waals surface area contributed by atoms with E-state index >= 15 is 0 Å². The van der Waals surface area contributed by atoms with Crippen LogP contribution in [0, 0.1) is 0 Å². The Bertz CT molecular complexity index is 3470. The topological polar surface area (TPSA) is 52.6 Å². The average Bonchev–Trinajstić information content (AvgIpc) is 3.29. The molecule has 4 nitrogen and oxygen atoms in total. The van der Waals surface area contributed by atoms with Crippen molar-refractivity contribution < 1.29 is 17.7 Å². The summed E-state index contributed by atoms with van der Waals surface area (Å²) < 4.78 is 26.9. The van der Waals surface area contributed by atoms with E-state index in [-0.39, 0.29) is 0 Å². The molecule has 0 saturated heterocycles. The molecule has 0 fully saturated rings. The zero-order chi connectivity index (χ0) is 39.8. The molecule has 0 spiro atoms. The van der Waals surface area contributed by atoms with Crippen LogP contribution in [0.5, 0.6) is 0 Å². The summed E-state index contributed by atoms with van der Waals surface area (Å²) in [4.78, 5) is 0. The van der Waals surface area contributed by atoms with Gasteiger partial charge in [0.1, 0.15) is 44.7 Å². The number of rotatable bonds is 0. The van der Waals surface area contributed by atoms with Gasteiger partial charge in [0.15, 0.2) is 0 Å². The van der Waals surface area contributed by atoms with E-state index in [1.165, 1.54) is 0 Å². The molecule has 8 bridgehead atoms.